The van der Waals surface area contributed by atoms with Crippen LogP contribution in [-0.4, -0.2) is 9.97 Å². The maximum atomic E-state index is 8.90. The second-order valence-corrected chi connectivity index (χ2v) is 4.06. The Balaban J connectivity index is 2.15. The Bertz CT molecular complexity index is 677. The van der Waals surface area contributed by atoms with Crippen molar-refractivity contribution in [3.8, 4) is 11.8 Å². The molecule has 0 saturated carbocycles. The number of nitrogens with two attached hydrogens (primary N) is 2. The van der Waals surface area contributed by atoms with Gasteiger partial charge in [0.25, 0.3) is 0 Å². The van der Waals surface area contributed by atoms with Crippen molar-refractivity contribution in [2.24, 2.45) is 11.6 Å². The van der Waals surface area contributed by atoms with Gasteiger partial charge in [-0.15, -0.1) is 0 Å². The van der Waals surface area contributed by atoms with E-state index < -0.39 is 0 Å². The van der Waals surface area contributed by atoms with Gasteiger partial charge in [-0.25, -0.2) is 5.84 Å². The summed E-state index contributed by atoms with van der Waals surface area (Å²) in [5.41, 5.74) is 9.84. The maximum absolute atomic E-state index is 8.90. The van der Waals surface area contributed by atoms with Crippen LogP contribution in [0.4, 0.5) is 0 Å². The second kappa shape index (κ2) is 6.88. The number of rotatable bonds is 5. The first-order valence-electron chi connectivity index (χ1n) is 6.09. The normalized spacial score (nSPS) is 11.2. The first-order chi connectivity index (χ1) is 10.2. The molecule has 0 unspecified atom stereocenters. The monoisotopic (exact) mass is 282 g/mol. The lowest BCUT2D eigenvalue weighted by Gasteiger charge is -2.09. The minimum Gasteiger partial charge on any atom is -0.487 e. The summed E-state index contributed by atoms with van der Waals surface area (Å²) in [6, 6.07) is 8.94. The molecule has 0 bridgehead atoms. The number of allylic oxidation sites excluding steroid dienone is 1. The van der Waals surface area contributed by atoms with Gasteiger partial charge in [-0.2, -0.15) is 5.26 Å². The van der Waals surface area contributed by atoms with Crippen molar-refractivity contribution >= 4 is 5.70 Å². The Morgan fingerprint density at radius 2 is 2.24 bits per heavy atom. The van der Waals surface area contributed by atoms with Crippen molar-refractivity contribution in [1.82, 2.24) is 15.4 Å². The molecule has 5 N–H and O–H groups in total. The van der Waals surface area contributed by atoms with E-state index in [1.165, 1.54) is 0 Å². The molecule has 0 aliphatic carbocycles. The smallest absolute Gasteiger partial charge is 0.151 e. The van der Waals surface area contributed by atoms with Crippen LogP contribution in [0.1, 0.15) is 11.3 Å². The molecule has 0 spiro atoms. The van der Waals surface area contributed by atoms with Crippen LogP contribution in [0.3, 0.4) is 0 Å². The van der Waals surface area contributed by atoms with Crippen molar-refractivity contribution in [2.45, 2.75) is 6.61 Å². The number of nitriles is 1. The van der Waals surface area contributed by atoms with Crippen LogP contribution in [0, 0.1) is 11.3 Å². The third-order valence-electron chi connectivity index (χ3n) is 2.67. The molecule has 1 aromatic heterocycles. The third-order valence-corrected chi connectivity index (χ3v) is 2.67. The summed E-state index contributed by atoms with van der Waals surface area (Å²) >= 11 is 0. The molecule has 7 heteroatoms. The van der Waals surface area contributed by atoms with Crippen molar-refractivity contribution in [1.29, 1.82) is 5.26 Å². The fourth-order valence-electron chi connectivity index (χ4n) is 1.63. The van der Waals surface area contributed by atoms with Crippen LogP contribution in [0.25, 0.3) is 5.70 Å². The Labute approximate surface area is 121 Å². The topological polar surface area (TPSA) is 123 Å². The fraction of sp³-hybridized carbons (Fsp3) is 0.0714. The summed E-state index contributed by atoms with van der Waals surface area (Å²) < 4.78 is 5.61. The second-order valence-electron chi connectivity index (χ2n) is 4.06. The molecule has 0 radical (unpaired) electrons. The summed E-state index contributed by atoms with van der Waals surface area (Å²) in [4.78, 5) is 8.07. The first-order valence-corrected chi connectivity index (χ1v) is 6.09. The van der Waals surface area contributed by atoms with Crippen molar-refractivity contribution in [3.05, 3.63) is 59.8 Å². The standard InChI is InChI=1S/C14H14N6O/c15-7-13(20-17)14(16)10-2-1-3-12(6-10)21-9-11-8-18-4-5-19-11/h1-6,8,20H,9,16-17H2/b14-13-. The molecule has 2 aromatic rings. The minimum atomic E-state index is 0.0982. The Hall–Kier alpha value is -3.11. The molecule has 0 aliphatic heterocycles. The zero-order chi connectivity index (χ0) is 15.1. The lowest BCUT2D eigenvalue weighted by Crippen LogP contribution is -2.23. The zero-order valence-corrected chi connectivity index (χ0v) is 11.2. The number of hydrazine groups is 1. The average molecular weight is 282 g/mol. The highest BCUT2D eigenvalue weighted by Crippen LogP contribution is 2.19. The van der Waals surface area contributed by atoms with E-state index in [-0.39, 0.29) is 11.4 Å². The third kappa shape index (κ3) is 3.68. The molecule has 0 aliphatic rings. The van der Waals surface area contributed by atoms with E-state index in [0.29, 0.717) is 23.6 Å². The van der Waals surface area contributed by atoms with Crippen molar-refractivity contribution in [3.63, 3.8) is 0 Å². The molecule has 2 rings (SSSR count). The van der Waals surface area contributed by atoms with E-state index >= 15 is 0 Å². The van der Waals surface area contributed by atoms with E-state index in [1.54, 1.807) is 42.9 Å². The van der Waals surface area contributed by atoms with E-state index in [0.717, 1.165) is 0 Å². The number of hydrogen-bond donors (Lipinski definition) is 3. The fourth-order valence-corrected chi connectivity index (χ4v) is 1.63. The molecule has 0 saturated heterocycles. The number of benzene rings is 1. The predicted molar refractivity (Wildman–Crippen MR) is 76.8 cm³/mol. The van der Waals surface area contributed by atoms with E-state index in [9.17, 15) is 0 Å². The summed E-state index contributed by atoms with van der Waals surface area (Å²) in [6.07, 6.45) is 4.82. The SMILES string of the molecule is N#C/C(NN)=C(/N)c1cccc(OCc2cnccn2)c1. The van der Waals surface area contributed by atoms with E-state index in [1.807, 2.05) is 6.07 Å². The van der Waals surface area contributed by atoms with Gasteiger partial charge in [0.2, 0.25) is 0 Å². The van der Waals surface area contributed by atoms with Gasteiger partial charge in [0.05, 0.1) is 17.6 Å². The molecule has 1 heterocycles. The maximum Gasteiger partial charge on any atom is 0.151 e. The molecular weight excluding hydrogens is 268 g/mol. The van der Waals surface area contributed by atoms with Gasteiger partial charge < -0.3 is 15.9 Å². The van der Waals surface area contributed by atoms with Gasteiger partial charge >= 0.3 is 0 Å². The van der Waals surface area contributed by atoms with Gasteiger partial charge in [-0.05, 0) is 12.1 Å². The van der Waals surface area contributed by atoms with E-state index in [4.69, 9.17) is 21.6 Å². The van der Waals surface area contributed by atoms with Crippen LogP contribution in [0.15, 0.2) is 48.6 Å². The Morgan fingerprint density at radius 3 is 2.90 bits per heavy atom. The predicted octanol–water partition coefficient (Wildman–Crippen LogP) is 0.670. The van der Waals surface area contributed by atoms with Gasteiger partial charge in [-0.1, -0.05) is 12.1 Å². The summed E-state index contributed by atoms with van der Waals surface area (Å²) in [5, 5.41) is 8.90. The number of nitrogens with one attached hydrogen (secondary N) is 1. The van der Waals surface area contributed by atoms with Crippen LogP contribution in [0.5, 0.6) is 5.75 Å². The van der Waals surface area contributed by atoms with Gasteiger partial charge in [0.1, 0.15) is 18.4 Å². The van der Waals surface area contributed by atoms with Gasteiger partial charge in [-0.3, -0.25) is 9.97 Å². The van der Waals surface area contributed by atoms with E-state index in [2.05, 4.69) is 15.4 Å². The summed E-state index contributed by atoms with van der Waals surface area (Å²) in [5.74, 6) is 5.84. The number of ether oxygens (including phenoxy) is 1. The lowest BCUT2D eigenvalue weighted by molar-refractivity contribution is 0.300. The summed E-state index contributed by atoms with van der Waals surface area (Å²) in [7, 11) is 0. The molecule has 0 fully saturated rings. The number of aromatic nitrogens is 2. The molecule has 1 aromatic carbocycles. The van der Waals surface area contributed by atoms with Gasteiger partial charge in [0.15, 0.2) is 5.70 Å². The quantitative estimate of drug-likeness (QED) is 0.418. The van der Waals surface area contributed by atoms with Crippen LogP contribution >= 0.6 is 0 Å². The highest BCUT2D eigenvalue weighted by atomic mass is 16.5. The van der Waals surface area contributed by atoms with Crippen molar-refractivity contribution in [2.75, 3.05) is 0 Å². The number of nitrogens with zero attached hydrogens (tertiary/aromatic N) is 3. The van der Waals surface area contributed by atoms with Crippen LogP contribution in [-0.2, 0) is 6.61 Å². The molecule has 0 atom stereocenters. The first kappa shape index (κ1) is 14.3. The van der Waals surface area contributed by atoms with Crippen molar-refractivity contribution < 1.29 is 4.74 Å². The minimum absolute atomic E-state index is 0.0982. The molecule has 21 heavy (non-hydrogen) atoms. The average Bonchev–Trinajstić information content (AvgIpc) is 2.55. The largest absolute Gasteiger partial charge is 0.487 e. The highest BCUT2D eigenvalue weighted by Gasteiger charge is 2.06. The zero-order valence-electron chi connectivity index (χ0n) is 11.2. The van der Waals surface area contributed by atoms with Crippen LogP contribution < -0.4 is 21.7 Å². The lowest BCUT2D eigenvalue weighted by atomic mass is 10.1. The highest BCUT2D eigenvalue weighted by molar-refractivity contribution is 5.69. The molecule has 0 amide bonds. The Morgan fingerprint density at radius 1 is 1.38 bits per heavy atom. The number of hydrogen-bond acceptors (Lipinski definition) is 7. The van der Waals surface area contributed by atoms with Gasteiger partial charge in [0, 0.05) is 18.0 Å². The summed E-state index contributed by atoms with van der Waals surface area (Å²) in [6.45, 7) is 0.293. The molecular formula is C14H14N6O. The Kier molecular flexibility index (Phi) is 4.69. The van der Waals surface area contributed by atoms with Crippen LogP contribution in [0.2, 0.25) is 0 Å². The molecule has 106 valence electrons. The molecule has 7 nitrogen and oxygen atoms in total.